The fraction of sp³-hybridized carbons (Fsp3) is 1.00. The second-order valence-electron chi connectivity index (χ2n) is 47.0. The quantitative estimate of drug-likeness (QED) is 0.0880. The van der Waals surface area contributed by atoms with Crippen LogP contribution < -0.4 is 0 Å². The maximum atomic E-state index is 6.04. The van der Waals surface area contributed by atoms with Gasteiger partial charge < -0.3 is 47.4 Å². The normalized spacial score (nSPS) is 40.5. The molecule has 0 aromatic carbocycles. The van der Waals surface area contributed by atoms with Crippen LogP contribution in [0.1, 0.15) is 422 Å². The molecule has 22 aliphatic carbocycles. The lowest BCUT2D eigenvalue weighted by Gasteiger charge is -2.56. The molecular formula is C111H206O10. The summed E-state index contributed by atoms with van der Waals surface area (Å²) in [6, 6.07) is 0. The predicted octanol–water partition coefficient (Wildman–Crippen LogP) is 29.8. The zero-order chi connectivity index (χ0) is 87.4. The highest BCUT2D eigenvalue weighted by atomic mass is 16.5. The van der Waals surface area contributed by atoms with Crippen LogP contribution in [0.2, 0.25) is 0 Å². The van der Waals surface area contributed by atoms with Crippen LogP contribution in [0.3, 0.4) is 0 Å². The van der Waals surface area contributed by atoms with Crippen molar-refractivity contribution in [2.45, 2.75) is 470 Å². The summed E-state index contributed by atoms with van der Waals surface area (Å²) in [6.07, 6.45) is 64.8. The highest BCUT2D eigenvalue weighted by molar-refractivity contribution is 5.05. The smallest absolute Gasteiger partial charge is 0.0690 e. The predicted molar refractivity (Wildman–Crippen MR) is 509 cm³/mol. The summed E-state index contributed by atoms with van der Waals surface area (Å²) in [5.74, 6) is 23.3. The first kappa shape index (κ1) is 104. The molecule has 12 atom stereocenters. The van der Waals surface area contributed by atoms with Gasteiger partial charge in [0.1, 0.15) is 0 Å². The van der Waals surface area contributed by atoms with Gasteiger partial charge in [-0.3, -0.25) is 0 Å². The molecule has 10 heteroatoms. The molecule has 22 saturated carbocycles. The van der Waals surface area contributed by atoms with E-state index in [4.69, 9.17) is 47.4 Å². The molecule has 0 N–H and O–H groups in total. The van der Waals surface area contributed by atoms with Crippen LogP contribution in [0.25, 0.3) is 0 Å². The van der Waals surface area contributed by atoms with Gasteiger partial charge in [0.25, 0.3) is 0 Å². The van der Waals surface area contributed by atoms with Crippen LogP contribution in [0.5, 0.6) is 0 Å². The van der Waals surface area contributed by atoms with Crippen LogP contribution in [0.4, 0.5) is 0 Å². The number of ether oxygens (including phenoxy) is 10. The van der Waals surface area contributed by atoms with Crippen molar-refractivity contribution in [2.24, 2.45) is 158 Å². The summed E-state index contributed by atoms with van der Waals surface area (Å²) in [5.41, 5.74) is 1.70. The topological polar surface area (TPSA) is 92.3 Å². The van der Waals surface area contributed by atoms with Gasteiger partial charge in [-0.25, -0.2) is 0 Å². The minimum atomic E-state index is 0.351. The van der Waals surface area contributed by atoms with Crippen molar-refractivity contribution in [2.75, 3.05) is 79.8 Å². The van der Waals surface area contributed by atoms with Crippen molar-refractivity contribution in [1.29, 1.82) is 0 Å². The average molecular weight is 1700 g/mol. The summed E-state index contributed by atoms with van der Waals surface area (Å²) in [7, 11) is 1.74. The molecule has 0 spiro atoms. The maximum absolute atomic E-state index is 6.04. The molecular weight excluding hydrogens is 1490 g/mol. The van der Waals surface area contributed by atoms with Gasteiger partial charge in [-0.2, -0.15) is 0 Å². The van der Waals surface area contributed by atoms with Crippen molar-refractivity contribution in [3.05, 3.63) is 0 Å². The van der Waals surface area contributed by atoms with Crippen LogP contribution in [-0.4, -0.2) is 128 Å². The van der Waals surface area contributed by atoms with E-state index in [1.54, 1.807) is 39.2 Å². The summed E-state index contributed by atoms with van der Waals surface area (Å²) in [6.45, 7) is 58.5. The van der Waals surface area contributed by atoms with Crippen LogP contribution in [-0.2, 0) is 47.4 Å². The molecule has 18 bridgehead atoms. The average Bonchev–Trinajstić information content (AvgIpc) is 1.30. The van der Waals surface area contributed by atoms with Gasteiger partial charge in [0.2, 0.25) is 0 Å². The van der Waals surface area contributed by atoms with E-state index in [1.165, 1.54) is 238 Å². The molecule has 22 fully saturated rings. The van der Waals surface area contributed by atoms with E-state index in [0.717, 1.165) is 203 Å². The van der Waals surface area contributed by atoms with Crippen molar-refractivity contribution < 1.29 is 47.4 Å². The minimum absolute atomic E-state index is 0.351. The number of hydrogen-bond donors (Lipinski definition) is 0. The molecule has 22 aliphatic rings. The van der Waals surface area contributed by atoms with Crippen molar-refractivity contribution in [1.82, 2.24) is 0 Å². The second kappa shape index (κ2) is 52.2. The molecule has 0 aliphatic heterocycles. The van der Waals surface area contributed by atoms with Crippen molar-refractivity contribution in [3.8, 4) is 0 Å². The van der Waals surface area contributed by atoms with E-state index in [1.807, 2.05) is 6.92 Å². The lowest BCUT2D eigenvalue weighted by atomic mass is 9.50. The Morgan fingerprint density at radius 3 is 1.26 bits per heavy atom. The van der Waals surface area contributed by atoms with Gasteiger partial charge in [-0.15, -0.1) is 0 Å². The standard InChI is InChI=1S/C14H26O.2C13H22O.C13H26O.2C12H20O.C12H24O.C9H16O.C7H16O.C6H14O/c1-2-15-14-10-6-9-13(11-14)12-7-4-3-5-8-12;1-2-14-9-13-6-10-3-11(7-13)5-12(4-10)8-13;1-2-14-8-13-11-4-9-3-10(6-11)7-12(13)5-9;1-6-14-11-9-7-8-10-13(11,5)12(2,3)4;1-2-13-12-6-9-3-10(7-12)5-11(4-9)8-12;1-2-13-12-10-4-8-3-9(6-10)7-11(12)5-8;1-5-13-12-8-10(4)6-7-11(12)9(2)3;1-2-10-9-6-7-3-4-8(9)5-7;1-5-8-7(4)6(2)3;1-5(2)6(3)7-4/h12-14H,2-11H2,1H3;10-12H,2-9H2,1H3;9-13H,2-8H2,1H3;11H,6-10H2,1-5H3;9-11H,2-8H2,1H3;8-12H,2-7H2,1H3;9-12H,5-8H2,1-4H3;7-9H,2-6H2,1H3;6-7H,5H2,1-4H3;5-6H,1-4H3. The fourth-order valence-electron chi connectivity index (χ4n) is 30.3. The van der Waals surface area contributed by atoms with Crippen LogP contribution >= 0.6 is 0 Å². The van der Waals surface area contributed by atoms with Gasteiger partial charge in [0.05, 0.1) is 54.9 Å². The molecule has 121 heavy (non-hydrogen) atoms. The number of hydrogen-bond acceptors (Lipinski definition) is 10. The number of fused-ring (bicyclic) bond motifs is 2. The van der Waals surface area contributed by atoms with E-state index in [0.29, 0.717) is 76.4 Å². The Hall–Kier alpha value is -0.400. The first-order valence-corrected chi connectivity index (χ1v) is 54.1. The zero-order valence-electron chi connectivity index (χ0n) is 84.5. The molecule has 0 heterocycles. The van der Waals surface area contributed by atoms with E-state index < -0.39 is 0 Å². The summed E-state index contributed by atoms with van der Waals surface area (Å²) in [5, 5.41) is 0. The third-order valence-electron chi connectivity index (χ3n) is 36.3. The monoisotopic (exact) mass is 1700 g/mol. The Labute approximate surface area is 751 Å². The van der Waals surface area contributed by atoms with E-state index in [9.17, 15) is 0 Å². The second-order valence-corrected chi connectivity index (χ2v) is 47.0. The Morgan fingerprint density at radius 2 is 0.835 bits per heavy atom. The Balaban J connectivity index is 0.000000154. The highest BCUT2D eigenvalue weighted by Gasteiger charge is 2.55. The molecule has 0 amide bonds. The molecule has 22 rings (SSSR count). The summed E-state index contributed by atoms with van der Waals surface area (Å²) in [4.78, 5) is 0. The highest BCUT2D eigenvalue weighted by Crippen LogP contribution is 2.62. The first-order chi connectivity index (χ1) is 58.0. The SMILES string of the molecule is CCOC(C)C(C)C.CCOC12CC3CC(CC(C3)C1)C2.CCOC1C2CC3CC(C2)CC1C3.CCOC1CC(C)CCC1C(C)C.CCOC1CC2CCC1C2.CCOC1CCCC(C2CCCCC2)C1.CCOC1CCCCC1(C)C(C)(C)C.CCOCC12CC3CC(CC(C3)C1)C2.CCOCC1C2CC3CC(C2)CC1C3.COC(C)C(C)C. The summed E-state index contributed by atoms with van der Waals surface area (Å²) >= 11 is 0. The Kier molecular flexibility index (Phi) is 45.0. The van der Waals surface area contributed by atoms with E-state index in [-0.39, 0.29) is 0 Å². The molecule has 0 saturated heterocycles. The number of rotatable bonds is 25. The third kappa shape index (κ3) is 31.4. The third-order valence-corrected chi connectivity index (χ3v) is 36.3. The van der Waals surface area contributed by atoms with E-state index in [2.05, 4.69) is 145 Å². The molecule has 0 aromatic heterocycles. The number of methoxy groups -OCH3 is 1. The Bertz CT molecular complexity index is 2580. The first-order valence-electron chi connectivity index (χ1n) is 54.1. The van der Waals surface area contributed by atoms with Gasteiger partial charge in [0, 0.05) is 73.2 Å². The largest absolute Gasteiger partial charge is 0.381 e. The lowest BCUT2D eigenvalue weighted by Crippen LogP contribution is -2.51. The van der Waals surface area contributed by atoms with E-state index >= 15 is 0 Å². The fourth-order valence-corrected chi connectivity index (χ4v) is 30.3. The molecule has 10 nitrogen and oxygen atoms in total. The van der Waals surface area contributed by atoms with Gasteiger partial charge in [0.15, 0.2) is 0 Å². The minimum Gasteiger partial charge on any atom is -0.381 e. The summed E-state index contributed by atoms with van der Waals surface area (Å²) < 4.78 is 56.8. The maximum Gasteiger partial charge on any atom is 0.0690 e. The lowest BCUT2D eigenvalue weighted by molar-refractivity contribution is -0.159. The van der Waals surface area contributed by atoms with Gasteiger partial charge in [-0.05, 0) is 446 Å². The van der Waals surface area contributed by atoms with Gasteiger partial charge in [-0.1, -0.05) is 134 Å². The van der Waals surface area contributed by atoms with Gasteiger partial charge >= 0.3 is 0 Å². The Morgan fingerprint density at radius 1 is 0.355 bits per heavy atom. The molecule has 0 aromatic rings. The van der Waals surface area contributed by atoms with Crippen LogP contribution in [0.15, 0.2) is 0 Å². The molecule has 12 unspecified atom stereocenters. The molecule has 710 valence electrons. The molecule has 0 radical (unpaired) electrons. The van der Waals surface area contributed by atoms with Crippen molar-refractivity contribution in [3.63, 3.8) is 0 Å². The van der Waals surface area contributed by atoms with Crippen molar-refractivity contribution >= 4 is 0 Å². The van der Waals surface area contributed by atoms with Crippen LogP contribution in [0, 0.1) is 158 Å². The zero-order valence-corrected chi connectivity index (χ0v) is 84.5.